The summed E-state index contributed by atoms with van der Waals surface area (Å²) in [5.41, 5.74) is 1.63. The maximum atomic E-state index is 12.1. The highest BCUT2D eigenvalue weighted by molar-refractivity contribution is 5.92. The lowest BCUT2D eigenvalue weighted by Gasteiger charge is -2.29. The highest BCUT2D eigenvalue weighted by Crippen LogP contribution is 2.38. The Morgan fingerprint density at radius 2 is 2.21 bits per heavy atom. The zero-order valence-electron chi connectivity index (χ0n) is 11.1. The van der Waals surface area contributed by atoms with Crippen LogP contribution in [0.25, 0.3) is 0 Å². The molecule has 2 unspecified atom stereocenters. The topological polar surface area (TPSA) is 69.8 Å². The Balaban J connectivity index is 0.00000133. The third-order valence-electron chi connectivity index (χ3n) is 3.99. The summed E-state index contributed by atoms with van der Waals surface area (Å²) in [5.74, 6) is 1.07. The van der Waals surface area contributed by atoms with Gasteiger partial charge in [0, 0.05) is 24.2 Å². The fraction of sp³-hybridized carbons (Fsp3) is 0.692. The van der Waals surface area contributed by atoms with Crippen molar-refractivity contribution in [1.82, 2.24) is 20.8 Å². The van der Waals surface area contributed by atoms with Crippen LogP contribution in [0, 0.1) is 5.92 Å². The average molecular weight is 285 g/mol. The fourth-order valence-corrected chi connectivity index (χ4v) is 2.48. The molecule has 0 aromatic carbocycles. The smallest absolute Gasteiger partial charge is 0.272 e. The van der Waals surface area contributed by atoms with Crippen LogP contribution >= 0.6 is 12.4 Å². The second-order valence-corrected chi connectivity index (χ2v) is 5.53. The molecule has 1 aromatic heterocycles. The van der Waals surface area contributed by atoms with Gasteiger partial charge in [0.15, 0.2) is 0 Å². The number of nitrogens with one attached hydrogen (secondary N) is 3. The average Bonchev–Trinajstić information content (AvgIpc) is 3.10. The number of aromatic amines is 1. The number of amides is 1. The van der Waals surface area contributed by atoms with E-state index in [1.165, 1.54) is 12.8 Å². The summed E-state index contributed by atoms with van der Waals surface area (Å²) in [7, 11) is 0. The maximum Gasteiger partial charge on any atom is 0.272 e. The molecule has 5 nitrogen and oxygen atoms in total. The highest BCUT2D eigenvalue weighted by Gasteiger charge is 2.28. The van der Waals surface area contributed by atoms with Crippen molar-refractivity contribution in [3.8, 4) is 0 Å². The van der Waals surface area contributed by atoms with Crippen LogP contribution in [-0.2, 0) is 0 Å². The van der Waals surface area contributed by atoms with Crippen molar-refractivity contribution >= 4 is 18.3 Å². The van der Waals surface area contributed by atoms with Gasteiger partial charge in [-0.2, -0.15) is 5.10 Å². The van der Waals surface area contributed by atoms with Gasteiger partial charge in [0.05, 0.1) is 0 Å². The molecule has 2 aliphatic rings. The number of carbonyl (C=O) groups excluding carboxylic acids is 1. The molecule has 1 saturated heterocycles. The first kappa shape index (κ1) is 14.3. The van der Waals surface area contributed by atoms with Gasteiger partial charge in [-0.1, -0.05) is 6.92 Å². The number of hydrogen-bond donors (Lipinski definition) is 3. The number of nitrogens with zero attached hydrogens (tertiary/aromatic N) is 1. The number of carbonyl (C=O) groups is 1. The molecule has 19 heavy (non-hydrogen) atoms. The summed E-state index contributed by atoms with van der Waals surface area (Å²) in [5, 5.41) is 13.5. The van der Waals surface area contributed by atoms with Gasteiger partial charge in [0.1, 0.15) is 5.69 Å². The molecule has 1 amide bonds. The predicted molar refractivity (Wildman–Crippen MR) is 75.7 cm³/mol. The molecule has 0 radical (unpaired) electrons. The number of H-pyrrole nitrogens is 1. The Kier molecular flexibility index (Phi) is 4.47. The van der Waals surface area contributed by atoms with Crippen molar-refractivity contribution in [1.29, 1.82) is 0 Å². The lowest BCUT2D eigenvalue weighted by Crippen LogP contribution is -2.50. The van der Waals surface area contributed by atoms with Crippen molar-refractivity contribution < 1.29 is 4.79 Å². The summed E-state index contributed by atoms with van der Waals surface area (Å²) >= 11 is 0. The Morgan fingerprint density at radius 3 is 2.89 bits per heavy atom. The predicted octanol–water partition coefficient (Wildman–Crippen LogP) is 1.44. The van der Waals surface area contributed by atoms with Crippen molar-refractivity contribution in [2.75, 3.05) is 13.1 Å². The molecule has 2 fully saturated rings. The third kappa shape index (κ3) is 3.28. The minimum atomic E-state index is -0.0568. The van der Waals surface area contributed by atoms with Crippen molar-refractivity contribution in [3.63, 3.8) is 0 Å². The molecule has 0 bridgehead atoms. The summed E-state index contributed by atoms with van der Waals surface area (Å²) in [6, 6.07) is 2.11. The minimum absolute atomic E-state index is 0. The molecule has 0 spiro atoms. The molecule has 1 aromatic rings. The van der Waals surface area contributed by atoms with Crippen molar-refractivity contribution in [2.45, 2.75) is 38.1 Å². The molecular weight excluding hydrogens is 264 g/mol. The van der Waals surface area contributed by atoms with Crippen LogP contribution in [0.1, 0.15) is 48.3 Å². The molecular formula is C13H21ClN4O. The number of rotatable bonds is 3. The summed E-state index contributed by atoms with van der Waals surface area (Å²) in [6.45, 7) is 4.08. The van der Waals surface area contributed by atoms with Crippen LogP contribution < -0.4 is 10.6 Å². The molecule has 3 N–H and O–H groups in total. The van der Waals surface area contributed by atoms with Crippen molar-refractivity contribution in [2.24, 2.45) is 5.92 Å². The van der Waals surface area contributed by atoms with Crippen LogP contribution in [0.4, 0.5) is 0 Å². The van der Waals surface area contributed by atoms with Gasteiger partial charge in [-0.3, -0.25) is 9.89 Å². The Hall–Kier alpha value is -1.07. The van der Waals surface area contributed by atoms with E-state index in [1.807, 2.05) is 6.07 Å². The molecule has 2 heterocycles. The third-order valence-corrected chi connectivity index (χ3v) is 3.99. The van der Waals surface area contributed by atoms with E-state index in [0.717, 1.165) is 25.2 Å². The number of hydrogen-bond acceptors (Lipinski definition) is 3. The van der Waals surface area contributed by atoms with E-state index < -0.39 is 0 Å². The van der Waals surface area contributed by atoms with E-state index in [2.05, 4.69) is 27.8 Å². The zero-order chi connectivity index (χ0) is 12.5. The largest absolute Gasteiger partial charge is 0.346 e. The fourth-order valence-electron chi connectivity index (χ4n) is 2.48. The molecule has 2 atom stereocenters. The quantitative estimate of drug-likeness (QED) is 0.787. The van der Waals surface area contributed by atoms with Gasteiger partial charge in [-0.15, -0.1) is 12.4 Å². The second kappa shape index (κ2) is 5.92. The number of aromatic nitrogens is 2. The van der Waals surface area contributed by atoms with Gasteiger partial charge in [-0.05, 0) is 37.8 Å². The number of halogens is 1. The van der Waals surface area contributed by atoms with E-state index in [-0.39, 0.29) is 24.4 Å². The van der Waals surface area contributed by atoms with Crippen LogP contribution in [-0.4, -0.2) is 35.2 Å². The second-order valence-electron chi connectivity index (χ2n) is 5.53. The molecule has 3 rings (SSSR count). The van der Waals surface area contributed by atoms with Gasteiger partial charge >= 0.3 is 0 Å². The maximum absolute atomic E-state index is 12.1. The highest BCUT2D eigenvalue weighted by atomic mass is 35.5. The van der Waals surface area contributed by atoms with Crippen molar-refractivity contribution in [3.05, 3.63) is 17.5 Å². The van der Waals surface area contributed by atoms with E-state index in [4.69, 9.17) is 0 Å². The molecule has 106 valence electrons. The zero-order valence-corrected chi connectivity index (χ0v) is 11.9. The summed E-state index contributed by atoms with van der Waals surface area (Å²) < 4.78 is 0. The van der Waals surface area contributed by atoms with Gasteiger partial charge in [0.2, 0.25) is 0 Å². The van der Waals surface area contributed by atoms with Gasteiger partial charge in [0.25, 0.3) is 5.91 Å². The number of piperidine rings is 1. The van der Waals surface area contributed by atoms with E-state index in [1.54, 1.807) is 0 Å². The summed E-state index contributed by atoms with van der Waals surface area (Å²) in [6.07, 6.45) is 3.54. The SMILES string of the molecule is CC1CCNCC1NC(=O)c1cc(C2CC2)[nH]n1.Cl. The minimum Gasteiger partial charge on any atom is -0.346 e. The normalized spacial score (nSPS) is 26.6. The lowest BCUT2D eigenvalue weighted by atomic mass is 9.95. The van der Waals surface area contributed by atoms with Crippen LogP contribution in [0.15, 0.2) is 6.07 Å². The lowest BCUT2D eigenvalue weighted by molar-refractivity contribution is 0.0910. The Morgan fingerprint density at radius 1 is 1.42 bits per heavy atom. The first-order chi connectivity index (χ1) is 8.74. The van der Waals surface area contributed by atoms with Crippen LogP contribution in [0.2, 0.25) is 0 Å². The molecule has 1 aliphatic heterocycles. The van der Waals surface area contributed by atoms with Gasteiger partial charge < -0.3 is 10.6 Å². The molecule has 6 heteroatoms. The monoisotopic (exact) mass is 284 g/mol. The van der Waals surface area contributed by atoms with Crippen LogP contribution in [0.5, 0.6) is 0 Å². The van der Waals surface area contributed by atoms with E-state index in [9.17, 15) is 4.79 Å². The first-order valence-corrected chi connectivity index (χ1v) is 6.81. The summed E-state index contributed by atoms with van der Waals surface area (Å²) in [4.78, 5) is 12.1. The van der Waals surface area contributed by atoms with Gasteiger partial charge in [-0.25, -0.2) is 0 Å². The van der Waals surface area contributed by atoms with Crippen LogP contribution in [0.3, 0.4) is 0 Å². The van der Waals surface area contributed by atoms with E-state index in [0.29, 0.717) is 17.5 Å². The molecule has 1 saturated carbocycles. The standard InChI is InChI=1S/C13H20N4O.ClH/c1-8-4-5-14-7-12(8)15-13(18)11-6-10(16-17-11)9-2-3-9;/h6,8-9,12,14H,2-5,7H2,1H3,(H,15,18)(H,16,17);1H. The molecule has 1 aliphatic carbocycles. The Bertz CT molecular complexity index is 444. The van der Waals surface area contributed by atoms with E-state index >= 15 is 0 Å². The Labute approximate surface area is 119 Å². The first-order valence-electron chi connectivity index (χ1n) is 6.81.